The predicted octanol–water partition coefficient (Wildman–Crippen LogP) is 1.92. The van der Waals surface area contributed by atoms with E-state index in [1.807, 2.05) is 0 Å². The highest BCUT2D eigenvalue weighted by atomic mass is 16.6. The van der Waals surface area contributed by atoms with Gasteiger partial charge in [0.05, 0.1) is 17.3 Å². The van der Waals surface area contributed by atoms with Gasteiger partial charge in [0.15, 0.2) is 0 Å². The van der Waals surface area contributed by atoms with Gasteiger partial charge in [-0.25, -0.2) is 0 Å². The molecule has 0 aromatic carbocycles. The predicted molar refractivity (Wildman–Crippen MR) is 58.4 cm³/mol. The summed E-state index contributed by atoms with van der Waals surface area (Å²) < 4.78 is 0. The zero-order chi connectivity index (χ0) is 11.3. The first-order chi connectivity index (χ1) is 7.13. The Labute approximate surface area is 89.2 Å². The number of hydrogen-bond donors (Lipinski definition) is 2. The normalized spacial score (nSPS) is 27.1. The molecule has 0 aromatic heterocycles. The molecule has 1 aliphatic carbocycles. The van der Waals surface area contributed by atoms with Crippen molar-refractivity contribution in [2.45, 2.75) is 38.6 Å². The summed E-state index contributed by atoms with van der Waals surface area (Å²) in [4.78, 5) is 9.85. The zero-order valence-corrected chi connectivity index (χ0v) is 8.90. The van der Waals surface area contributed by atoms with Gasteiger partial charge < -0.3 is 10.7 Å². The van der Waals surface area contributed by atoms with Crippen molar-refractivity contribution < 1.29 is 4.92 Å². The molecule has 0 bridgehead atoms. The first-order valence-electron chi connectivity index (χ1n) is 5.24. The van der Waals surface area contributed by atoms with Gasteiger partial charge in [-0.1, -0.05) is 6.92 Å². The number of nitrogens with zero attached hydrogens (tertiary/aromatic N) is 1. The second-order valence-electron chi connectivity index (χ2n) is 4.09. The summed E-state index contributed by atoms with van der Waals surface area (Å²) in [5.41, 5.74) is -0.186. The van der Waals surface area contributed by atoms with E-state index in [-0.39, 0.29) is 5.70 Å². The summed E-state index contributed by atoms with van der Waals surface area (Å²) in [5, 5.41) is 20.3. The van der Waals surface area contributed by atoms with Gasteiger partial charge in [-0.3, -0.25) is 10.1 Å². The van der Waals surface area contributed by atoms with Gasteiger partial charge in [0.1, 0.15) is 0 Å². The molecule has 1 saturated carbocycles. The average Bonchev–Trinajstić information content (AvgIpc) is 2.21. The molecular weight excluding hydrogens is 194 g/mol. The maximum atomic E-state index is 10.4. The number of nitro groups is 1. The summed E-state index contributed by atoms with van der Waals surface area (Å²) in [6.45, 7) is 2.23. The molecule has 0 atom stereocenters. The molecule has 1 fully saturated rings. The van der Waals surface area contributed by atoms with Crippen molar-refractivity contribution in [3.63, 3.8) is 0 Å². The van der Waals surface area contributed by atoms with E-state index >= 15 is 0 Å². The van der Waals surface area contributed by atoms with Crippen LogP contribution in [0.3, 0.4) is 0 Å². The van der Waals surface area contributed by atoms with Crippen LogP contribution >= 0.6 is 0 Å². The fourth-order valence-corrected chi connectivity index (χ4v) is 1.78. The summed E-state index contributed by atoms with van der Waals surface area (Å²) in [6.07, 6.45) is 6.56. The van der Waals surface area contributed by atoms with E-state index in [9.17, 15) is 10.1 Å². The highest BCUT2D eigenvalue weighted by Gasteiger charge is 2.17. The number of allylic oxidation sites excluding steroid dienone is 1. The Bertz CT molecular complexity index is 268. The minimum Gasteiger partial charge on any atom is -0.383 e. The molecule has 5 nitrogen and oxygen atoms in total. The van der Waals surface area contributed by atoms with Crippen LogP contribution in [0, 0.1) is 21.4 Å². The Hall–Kier alpha value is -1.39. The van der Waals surface area contributed by atoms with Crippen molar-refractivity contribution in [2.75, 3.05) is 0 Å². The van der Waals surface area contributed by atoms with Crippen LogP contribution in [0.4, 0.5) is 0 Å². The van der Waals surface area contributed by atoms with Crippen molar-refractivity contribution >= 4 is 6.21 Å². The number of nitrogens with one attached hydrogen (secondary N) is 2. The van der Waals surface area contributed by atoms with Gasteiger partial charge in [-0.15, -0.1) is 0 Å². The van der Waals surface area contributed by atoms with E-state index in [1.54, 1.807) is 0 Å². The Morgan fingerprint density at radius 2 is 2.07 bits per heavy atom. The van der Waals surface area contributed by atoms with Crippen molar-refractivity contribution in [2.24, 2.45) is 5.92 Å². The number of rotatable bonds is 4. The van der Waals surface area contributed by atoms with Gasteiger partial charge in [0.25, 0.3) is 0 Å². The summed E-state index contributed by atoms with van der Waals surface area (Å²) >= 11 is 0. The molecular formula is C10H17N3O2. The van der Waals surface area contributed by atoms with Crippen molar-refractivity contribution in [3.05, 3.63) is 22.0 Å². The molecule has 0 heterocycles. The van der Waals surface area contributed by atoms with Crippen LogP contribution in [0.25, 0.3) is 0 Å². The maximum Gasteiger partial charge on any atom is 0.302 e. The third kappa shape index (κ3) is 3.69. The second kappa shape index (κ2) is 5.48. The molecule has 2 N–H and O–H groups in total. The van der Waals surface area contributed by atoms with E-state index < -0.39 is 4.92 Å². The quantitative estimate of drug-likeness (QED) is 0.423. The number of hydrogen-bond acceptors (Lipinski definition) is 4. The summed E-state index contributed by atoms with van der Waals surface area (Å²) in [6, 6.07) is 0.330. The van der Waals surface area contributed by atoms with Gasteiger partial charge in [0, 0.05) is 6.04 Å². The lowest BCUT2D eigenvalue weighted by molar-refractivity contribution is -0.414. The molecule has 0 aromatic rings. The van der Waals surface area contributed by atoms with Crippen LogP contribution in [-0.4, -0.2) is 17.2 Å². The first kappa shape index (κ1) is 11.7. The zero-order valence-electron chi connectivity index (χ0n) is 8.90. The second-order valence-corrected chi connectivity index (χ2v) is 4.09. The largest absolute Gasteiger partial charge is 0.383 e. The highest BCUT2D eigenvalue weighted by molar-refractivity contribution is 5.71. The van der Waals surface area contributed by atoms with Crippen LogP contribution in [0.15, 0.2) is 11.9 Å². The van der Waals surface area contributed by atoms with Crippen LogP contribution in [0.2, 0.25) is 0 Å². The molecule has 15 heavy (non-hydrogen) atoms. The molecule has 1 rings (SSSR count). The lowest BCUT2D eigenvalue weighted by Gasteiger charge is -2.26. The van der Waals surface area contributed by atoms with E-state index in [4.69, 9.17) is 5.41 Å². The van der Waals surface area contributed by atoms with Crippen LogP contribution in [-0.2, 0) is 0 Å². The van der Waals surface area contributed by atoms with E-state index in [1.165, 1.54) is 19.0 Å². The fourth-order valence-electron chi connectivity index (χ4n) is 1.78. The van der Waals surface area contributed by atoms with Crippen molar-refractivity contribution in [1.29, 1.82) is 5.41 Å². The minimum absolute atomic E-state index is 0.186. The SMILES string of the molecule is CC1CCC(N/C=C(\C=N)[N+](=O)[O-])CC1. The lowest BCUT2D eigenvalue weighted by Crippen LogP contribution is -2.29. The minimum atomic E-state index is -0.550. The van der Waals surface area contributed by atoms with E-state index in [0.717, 1.165) is 25.0 Å². The Kier molecular flexibility index (Phi) is 4.27. The van der Waals surface area contributed by atoms with Gasteiger partial charge in [-0.05, 0) is 31.6 Å². The van der Waals surface area contributed by atoms with Crippen LogP contribution < -0.4 is 5.32 Å². The third-order valence-corrected chi connectivity index (χ3v) is 2.84. The van der Waals surface area contributed by atoms with Gasteiger partial charge >= 0.3 is 5.70 Å². The third-order valence-electron chi connectivity index (χ3n) is 2.84. The Morgan fingerprint density at radius 3 is 2.53 bits per heavy atom. The van der Waals surface area contributed by atoms with Gasteiger partial charge in [0.2, 0.25) is 0 Å². The summed E-state index contributed by atoms with van der Waals surface area (Å²) in [5.74, 6) is 0.768. The molecule has 0 radical (unpaired) electrons. The molecule has 84 valence electrons. The highest BCUT2D eigenvalue weighted by Crippen LogP contribution is 2.23. The van der Waals surface area contributed by atoms with Crippen molar-refractivity contribution in [1.82, 2.24) is 5.32 Å². The standard InChI is InChI=1S/C10H17N3O2/c1-8-2-4-9(5-3-8)12-7-10(6-11)13(14)15/h6-9,11-12H,2-5H2,1H3/b10-7+,11-6?. The van der Waals surface area contributed by atoms with E-state index in [0.29, 0.717) is 6.04 Å². The lowest BCUT2D eigenvalue weighted by atomic mass is 9.87. The molecule has 0 saturated heterocycles. The maximum absolute atomic E-state index is 10.4. The van der Waals surface area contributed by atoms with Gasteiger partial charge in [-0.2, -0.15) is 0 Å². The molecule has 0 aliphatic heterocycles. The molecule has 1 aliphatic rings. The molecule has 0 spiro atoms. The Morgan fingerprint density at radius 1 is 1.47 bits per heavy atom. The van der Waals surface area contributed by atoms with Crippen LogP contribution in [0.5, 0.6) is 0 Å². The fraction of sp³-hybridized carbons (Fsp3) is 0.700. The van der Waals surface area contributed by atoms with Crippen molar-refractivity contribution in [3.8, 4) is 0 Å². The average molecular weight is 211 g/mol. The first-order valence-corrected chi connectivity index (χ1v) is 5.24. The molecule has 5 heteroatoms. The Balaban J connectivity index is 2.41. The van der Waals surface area contributed by atoms with E-state index in [2.05, 4.69) is 12.2 Å². The molecule has 0 amide bonds. The topological polar surface area (TPSA) is 79.0 Å². The smallest absolute Gasteiger partial charge is 0.302 e. The summed E-state index contributed by atoms with van der Waals surface area (Å²) in [7, 11) is 0. The monoisotopic (exact) mass is 211 g/mol. The molecule has 0 unspecified atom stereocenters. The van der Waals surface area contributed by atoms with Crippen LogP contribution in [0.1, 0.15) is 32.6 Å².